The van der Waals surface area contributed by atoms with E-state index in [1.54, 1.807) is 18.9 Å². The molecule has 6 heteroatoms. The molecule has 0 aliphatic carbocycles. The quantitative estimate of drug-likeness (QED) is 0.723. The number of carbonyl (C=O) groups excluding carboxylic acids is 1. The molecule has 1 unspecified atom stereocenters. The fourth-order valence-corrected chi connectivity index (χ4v) is 1.56. The molecule has 100 valence electrons. The summed E-state index contributed by atoms with van der Waals surface area (Å²) >= 11 is 0. The molecular weight excluding hydrogens is 224 g/mol. The van der Waals surface area contributed by atoms with Gasteiger partial charge in [-0.15, -0.1) is 0 Å². The van der Waals surface area contributed by atoms with Crippen molar-refractivity contribution >= 4 is 12.0 Å². The first-order valence-electron chi connectivity index (χ1n) is 5.72. The summed E-state index contributed by atoms with van der Waals surface area (Å²) in [6.45, 7) is 5.03. The van der Waals surface area contributed by atoms with Crippen LogP contribution in [-0.2, 0) is 9.53 Å². The van der Waals surface area contributed by atoms with Crippen molar-refractivity contribution in [3.05, 3.63) is 0 Å². The number of amides is 2. The van der Waals surface area contributed by atoms with Crippen LogP contribution in [0.3, 0.4) is 0 Å². The van der Waals surface area contributed by atoms with Crippen molar-refractivity contribution in [3.8, 4) is 0 Å². The van der Waals surface area contributed by atoms with E-state index >= 15 is 0 Å². The van der Waals surface area contributed by atoms with Crippen molar-refractivity contribution in [1.82, 2.24) is 9.80 Å². The molecule has 0 saturated carbocycles. The molecule has 0 bridgehead atoms. The Bertz CT molecular complexity index is 258. The van der Waals surface area contributed by atoms with Gasteiger partial charge in [-0.1, -0.05) is 6.92 Å². The summed E-state index contributed by atoms with van der Waals surface area (Å²) in [5.41, 5.74) is 0. The molecule has 0 radical (unpaired) electrons. The minimum atomic E-state index is -0.980. The van der Waals surface area contributed by atoms with Crippen LogP contribution in [0.4, 0.5) is 4.79 Å². The van der Waals surface area contributed by atoms with Gasteiger partial charge in [-0.2, -0.15) is 0 Å². The minimum Gasteiger partial charge on any atom is -0.480 e. The van der Waals surface area contributed by atoms with E-state index < -0.39 is 12.0 Å². The second kappa shape index (κ2) is 7.89. The van der Waals surface area contributed by atoms with Crippen molar-refractivity contribution in [2.45, 2.75) is 26.3 Å². The van der Waals surface area contributed by atoms with E-state index in [0.717, 1.165) is 0 Å². The van der Waals surface area contributed by atoms with Crippen molar-refractivity contribution in [2.24, 2.45) is 0 Å². The van der Waals surface area contributed by atoms with Crippen LogP contribution in [-0.4, -0.2) is 66.8 Å². The van der Waals surface area contributed by atoms with Gasteiger partial charge in [0.15, 0.2) is 0 Å². The third-order valence-electron chi connectivity index (χ3n) is 2.66. The number of likely N-dealkylation sites (N-methyl/N-ethyl adjacent to an activating group) is 2. The van der Waals surface area contributed by atoms with Gasteiger partial charge in [0.25, 0.3) is 0 Å². The lowest BCUT2D eigenvalue weighted by molar-refractivity contribution is -0.142. The Morgan fingerprint density at radius 3 is 2.29 bits per heavy atom. The van der Waals surface area contributed by atoms with Crippen molar-refractivity contribution in [1.29, 1.82) is 0 Å². The largest absolute Gasteiger partial charge is 0.480 e. The molecule has 0 heterocycles. The average Bonchev–Trinajstić information content (AvgIpc) is 2.29. The van der Waals surface area contributed by atoms with Crippen LogP contribution in [0.15, 0.2) is 0 Å². The average molecular weight is 246 g/mol. The Kier molecular flexibility index (Phi) is 7.29. The highest BCUT2D eigenvalue weighted by Gasteiger charge is 2.27. The van der Waals surface area contributed by atoms with E-state index in [4.69, 9.17) is 9.84 Å². The Labute approximate surface area is 102 Å². The number of carboxylic acids is 1. The second-order valence-corrected chi connectivity index (χ2v) is 3.73. The van der Waals surface area contributed by atoms with E-state index in [1.807, 2.05) is 6.92 Å². The van der Waals surface area contributed by atoms with Crippen LogP contribution in [0.2, 0.25) is 0 Å². The Balaban J connectivity index is 4.58. The molecule has 0 aromatic heterocycles. The van der Waals surface area contributed by atoms with Gasteiger partial charge >= 0.3 is 12.0 Å². The van der Waals surface area contributed by atoms with E-state index in [-0.39, 0.29) is 6.03 Å². The van der Waals surface area contributed by atoms with Gasteiger partial charge in [-0.05, 0) is 13.3 Å². The van der Waals surface area contributed by atoms with Gasteiger partial charge < -0.3 is 19.6 Å². The van der Waals surface area contributed by atoms with E-state index in [0.29, 0.717) is 26.1 Å². The number of hydrogen-bond donors (Lipinski definition) is 1. The van der Waals surface area contributed by atoms with E-state index in [2.05, 4.69) is 0 Å². The molecule has 0 aromatic carbocycles. The van der Waals surface area contributed by atoms with Crippen molar-refractivity contribution in [3.63, 3.8) is 0 Å². The van der Waals surface area contributed by atoms with Gasteiger partial charge in [0.05, 0.1) is 6.61 Å². The number of ether oxygens (including phenoxy) is 1. The first-order valence-corrected chi connectivity index (χ1v) is 5.72. The van der Waals surface area contributed by atoms with Crippen molar-refractivity contribution in [2.75, 3.05) is 33.9 Å². The second-order valence-electron chi connectivity index (χ2n) is 3.73. The molecule has 0 aliphatic rings. The van der Waals surface area contributed by atoms with Gasteiger partial charge in [0.1, 0.15) is 6.04 Å². The Hall–Kier alpha value is -1.30. The fraction of sp³-hybridized carbons (Fsp3) is 0.818. The zero-order chi connectivity index (χ0) is 13.4. The number of urea groups is 1. The number of methoxy groups -OCH3 is 1. The lowest BCUT2D eigenvalue weighted by Crippen LogP contribution is -2.49. The normalized spacial score (nSPS) is 12.0. The summed E-state index contributed by atoms with van der Waals surface area (Å²) in [6.07, 6.45) is 0.388. The molecule has 6 nitrogen and oxygen atoms in total. The molecular formula is C11H22N2O4. The SMILES string of the molecule is CCC(C(=O)O)N(C)C(=O)N(CC)CCOC. The molecule has 0 aliphatic heterocycles. The first-order chi connectivity index (χ1) is 7.99. The summed E-state index contributed by atoms with van der Waals surface area (Å²) in [4.78, 5) is 25.8. The number of nitrogens with zero attached hydrogens (tertiary/aromatic N) is 2. The van der Waals surface area contributed by atoms with Crippen LogP contribution >= 0.6 is 0 Å². The minimum absolute atomic E-state index is 0.279. The molecule has 0 rings (SSSR count). The molecule has 2 amide bonds. The van der Waals surface area contributed by atoms with Gasteiger partial charge in [-0.3, -0.25) is 0 Å². The van der Waals surface area contributed by atoms with E-state index in [9.17, 15) is 9.59 Å². The van der Waals surface area contributed by atoms with Crippen LogP contribution in [0.1, 0.15) is 20.3 Å². The molecule has 17 heavy (non-hydrogen) atoms. The maximum absolute atomic E-state index is 12.0. The zero-order valence-corrected chi connectivity index (χ0v) is 11.0. The maximum atomic E-state index is 12.0. The summed E-state index contributed by atoms with van der Waals surface area (Å²) in [7, 11) is 3.08. The van der Waals surface area contributed by atoms with Crippen LogP contribution < -0.4 is 0 Å². The van der Waals surface area contributed by atoms with Crippen molar-refractivity contribution < 1.29 is 19.4 Å². The van der Waals surface area contributed by atoms with Gasteiger partial charge in [-0.25, -0.2) is 9.59 Å². The lowest BCUT2D eigenvalue weighted by atomic mass is 10.2. The number of rotatable bonds is 7. The fourth-order valence-electron chi connectivity index (χ4n) is 1.56. The molecule has 0 saturated heterocycles. The standard InChI is InChI=1S/C11H22N2O4/c1-5-9(10(14)15)12(3)11(16)13(6-2)7-8-17-4/h9H,5-8H2,1-4H3,(H,14,15). The topological polar surface area (TPSA) is 70.1 Å². The molecule has 1 N–H and O–H groups in total. The molecule has 0 spiro atoms. The third kappa shape index (κ3) is 4.60. The Morgan fingerprint density at radius 1 is 1.35 bits per heavy atom. The molecule has 1 atom stereocenters. The predicted octanol–water partition coefficient (Wildman–Crippen LogP) is 0.870. The summed E-state index contributed by atoms with van der Waals surface area (Å²) in [6, 6.07) is -1.06. The van der Waals surface area contributed by atoms with Crippen LogP contribution in [0.5, 0.6) is 0 Å². The zero-order valence-electron chi connectivity index (χ0n) is 11.0. The summed E-state index contributed by atoms with van der Waals surface area (Å²) < 4.78 is 4.91. The Morgan fingerprint density at radius 2 is 1.94 bits per heavy atom. The highest BCUT2D eigenvalue weighted by molar-refractivity contribution is 5.82. The number of carbonyl (C=O) groups is 2. The smallest absolute Gasteiger partial charge is 0.326 e. The number of hydrogen-bond acceptors (Lipinski definition) is 3. The van der Waals surface area contributed by atoms with Gasteiger partial charge in [0.2, 0.25) is 0 Å². The molecule has 0 aromatic rings. The predicted molar refractivity (Wildman–Crippen MR) is 64.0 cm³/mol. The number of aliphatic carboxylic acids is 1. The first kappa shape index (κ1) is 15.7. The summed E-state index contributed by atoms with van der Waals surface area (Å²) in [5.74, 6) is -0.980. The number of carboxylic acid groups (broad SMARTS) is 1. The monoisotopic (exact) mass is 246 g/mol. The van der Waals surface area contributed by atoms with E-state index in [1.165, 1.54) is 11.9 Å². The molecule has 0 fully saturated rings. The lowest BCUT2D eigenvalue weighted by Gasteiger charge is -2.30. The highest BCUT2D eigenvalue weighted by Crippen LogP contribution is 2.06. The maximum Gasteiger partial charge on any atom is 0.326 e. The third-order valence-corrected chi connectivity index (χ3v) is 2.66. The highest BCUT2D eigenvalue weighted by atomic mass is 16.5. The van der Waals surface area contributed by atoms with Crippen LogP contribution in [0.25, 0.3) is 0 Å². The summed E-state index contributed by atoms with van der Waals surface area (Å²) in [5, 5.41) is 8.99. The van der Waals surface area contributed by atoms with Crippen LogP contribution in [0, 0.1) is 0 Å². The van der Waals surface area contributed by atoms with Gasteiger partial charge in [0, 0.05) is 27.2 Å².